The molecule has 4 atom stereocenters. The van der Waals surface area contributed by atoms with Crippen LogP contribution in [-0.4, -0.2) is 12.6 Å². The zero-order chi connectivity index (χ0) is 18.2. The predicted molar refractivity (Wildman–Crippen MR) is 117 cm³/mol. The lowest BCUT2D eigenvalue weighted by Gasteiger charge is -2.33. The summed E-state index contributed by atoms with van der Waals surface area (Å²) >= 11 is 0. The Labute approximate surface area is 164 Å². The lowest BCUT2D eigenvalue weighted by molar-refractivity contribution is 0.460. The highest BCUT2D eigenvalue weighted by Gasteiger charge is 2.50. The molecular weight excluding hydrogens is 340 g/mol. The van der Waals surface area contributed by atoms with Gasteiger partial charge in [-0.05, 0) is 40.2 Å². The van der Waals surface area contributed by atoms with Gasteiger partial charge in [-0.25, -0.2) is 0 Å². The van der Waals surface area contributed by atoms with Crippen molar-refractivity contribution in [1.82, 2.24) is 0 Å². The van der Waals surface area contributed by atoms with Crippen LogP contribution in [0.2, 0.25) is 0 Å². The van der Waals surface area contributed by atoms with Crippen molar-refractivity contribution in [1.29, 1.82) is 0 Å². The number of nitrogens with one attached hydrogen (secondary N) is 2. The minimum atomic E-state index is 0.556. The zero-order valence-corrected chi connectivity index (χ0v) is 15.7. The second-order valence-corrected chi connectivity index (χ2v) is 8.67. The highest BCUT2D eigenvalue weighted by molar-refractivity contribution is 5.98. The molecule has 0 saturated heterocycles. The Morgan fingerprint density at radius 3 is 2.14 bits per heavy atom. The van der Waals surface area contributed by atoms with Crippen LogP contribution in [0.5, 0.6) is 0 Å². The van der Waals surface area contributed by atoms with Crippen LogP contribution < -0.4 is 10.6 Å². The molecule has 28 heavy (non-hydrogen) atoms. The molecule has 4 aromatic rings. The van der Waals surface area contributed by atoms with E-state index >= 15 is 0 Å². The van der Waals surface area contributed by atoms with E-state index in [-0.39, 0.29) is 0 Å². The summed E-state index contributed by atoms with van der Waals surface area (Å²) in [5.41, 5.74) is 5.79. The summed E-state index contributed by atoms with van der Waals surface area (Å²) in [6.45, 7) is 1.06. The molecule has 2 nitrogen and oxygen atoms in total. The van der Waals surface area contributed by atoms with Gasteiger partial charge in [0.1, 0.15) is 0 Å². The number of hydrogen-bond donors (Lipinski definition) is 2. The van der Waals surface area contributed by atoms with Crippen molar-refractivity contribution in [3.8, 4) is 0 Å². The van der Waals surface area contributed by atoms with E-state index in [1.807, 2.05) is 0 Å². The van der Waals surface area contributed by atoms with Gasteiger partial charge in [0.2, 0.25) is 0 Å². The highest BCUT2D eigenvalue weighted by Crippen LogP contribution is 2.59. The van der Waals surface area contributed by atoms with E-state index in [0.717, 1.165) is 6.54 Å². The summed E-state index contributed by atoms with van der Waals surface area (Å²) in [5.74, 6) is 1.85. The SMILES string of the molecule is c1ccc2c3c(ccc2c1)[C@@H]1[C@@H](CN3)[C@@H]2C[C@H]1c1ccc3ccccc3c1N2. The monoisotopic (exact) mass is 362 g/mol. The molecule has 1 saturated carbocycles. The third kappa shape index (κ3) is 1.83. The third-order valence-corrected chi connectivity index (χ3v) is 7.44. The fraction of sp³-hybridized carbons (Fsp3) is 0.231. The van der Waals surface area contributed by atoms with Crippen molar-refractivity contribution in [3.63, 3.8) is 0 Å². The van der Waals surface area contributed by atoms with Crippen LogP contribution in [0.15, 0.2) is 72.8 Å². The van der Waals surface area contributed by atoms with Gasteiger partial charge in [0, 0.05) is 40.7 Å². The first-order valence-electron chi connectivity index (χ1n) is 10.4. The van der Waals surface area contributed by atoms with Crippen LogP contribution in [0.25, 0.3) is 21.5 Å². The van der Waals surface area contributed by atoms with Crippen molar-refractivity contribution < 1.29 is 0 Å². The van der Waals surface area contributed by atoms with Crippen molar-refractivity contribution in [2.75, 3.05) is 17.2 Å². The largest absolute Gasteiger partial charge is 0.384 e. The van der Waals surface area contributed by atoms with Gasteiger partial charge in [-0.15, -0.1) is 0 Å². The van der Waals surface area contributed by atoms with Crippen molar-refractivity contribution in [2.24, 2.45) is 5.92 Å². The van der Waals surface area contributed by atoms with Crippen LogP contribution in [-0.2, 0) is 0 Å². The Morgan fingerprint density at radius 2 is 1.36 bits per heavy atom. The fourth-order valence-corrected chi connectivity index (χ4v) is 6.27. The highest BCUT2D eigenvalue weighted by atomic mass is 15.0. The standard InChI is InChI=1S/C26H22N2/c1-3-7-17-15(5-1)10-12-20-24-21-13-23(22(24)14-27-25(17)20)28-26-18-8-4-2-6-16(18)9-11-19(21)26/h1-12,21-24,27-28H,13-14H2/t21-,22-,23-,24-/m0/s1. The van der Waals surface area contributed by atoms with Crippen LogP contribution in [0.1, 0.15) is 29.4 Å². The number of anilines is 2. The topological polar surface area (TPSA) is 24.1 Å². The van der Waals surface area contributed by atoms with E-state index in [4.69, 9.17) is 0 Å². The number of benzene rings is 4. The molecule has 0 amide bonds. The normalized spacial score (nSPS) is 26.9. The number of fused-ring (bicyclic) bond motifs is 13. The molecule has 2 N–H and O–H groups in total. The molecule has 1 fully saturated rings. The Morgan fingerprint density at radius 1 is 0.679 bits per heavy atom. The van der Waals surface area contributed by atoms with Gasteiger partial charge in [-0.2, -0.15) is 0 Å². The van der Waals surface area contributed by atoms with Gasteiger partial charge in [0.15, 0.2) is 0 Å². The van der Waals surface area contributed by atoms with E-state index < -0.39 is 0 Å². The smallest absolute Gasteiger partial charge is 0.0457 e. The van der Waals surface area contributed by atoms with E-state index in [0.29, 0.717) is 23.8 Å². The van der Waals surface area contributed by atoms with Crippen LogP contribution in [0.3, 0.4) is 0 Å². The quantitative estimate of drug-likeness (QED) is 0.395. The van der Waals surface area contributed by atoms with Gasteiger partial charge in [-0.3, -0.25) is 0 Å². The van der Waals surface area contributed by atoms with E-state index in [1.165, 1.54) is 50.5 Å². The van der Waals surface area contributed by atoms with Gasteiger partial charge in [0.25, 0.3) is 0 Å². The summed E-state index contributed by atoms with van der Waals surface area (Å²) in [6.07, 6.45) is 1.24. The van der Waals surface area contributed by atoms with Crippen LogP contribution >= 0.6 is 0 Å². The first kappa shape index (κ1) is 15.0. The van der Waals surface area contributed by atoms with Crippen molar-refractivity contribution in [2.45, 2.75) is 24.3 Å². The minimum absolute atomic E-state index is 0.556. The van der Waals surface area contributed by atoms with Crippen molar-refractivity contribution >= 4 is 32.9 Å². The average Bonchev–Trinajstić information content (AvgIpc) is 3.06. The molecule has 4 aromatic carbocycles. The van der Waals surface area contributed by atoms with Crippen LogP contribution in [0, 0.1) is 5.92 Å². The molecular formula is C26H22N2. The first-order valence-corrected chi connectivity index (χ1v) is 10.4. The van der Waals surface area contributed by atoms with E-state index in [2.05, 4.69) is 83.4 Å². The Balaban J connectivity index is 1.45. The molecule has 2 aliphatic heterocycles. The Hall–Kier alpha value is -3.00. The maximum atomic E-state index is 3.96. The maximum absolute atomic E-state index is 3.96. The molecule has 2 bridgehead atoms. The maximum Gasteiger partial charge on any atom is 0.0457 e. The summed E-state index contributed by atoms with van der Waals surface area (Å²) in [4.78, 5) is 0. The summed E-state index contributed by atoms with van der Waals surface area (Å²) in [5, 5.41) is 13.2. The summed E-state index contributed by atoms with van der Waals surface area (Å²) < 4.78 is 0. The molecule has 0 unspecified atom stereocenters. The van der Waals surface area contributed by atoms with Gasteiger partial charge in [0.05, 0.1) is 0 Å². The first-order chi connectivity index (χ1) is 13.9. The fourth-order valence-electron chi connectivity index (χ4n) is 6.27. The molecule has 7 rings (SSSR count). The van der Waals surface area contributed by atoms with Crippen LogP contribution in [0.4, 0.5) is 11.4 Å². The summed E-state index contributed by atoms with van der Waals surface area (Å²) in [6, 6.07) is 27.5. The average molecular weight is 362 g/mol. The molecule has 0 aromatic heterocycles. The molecule has 3 aliphatic rings. The lowest BCUT2D eigenvalue weighted by Crippen LogP contribution is -2.34. The second kappa shape index (κ2) is 5.29. The molecule has 1 aliphatic carbocycles. The van der Waals surface area contributed by atoms with E-state index in [1.54, 1.807) is 0 Å². The Bertz CT molecular complexity index is 1260. The molecule has 0 spiro atoms. The molecule has 136 valence electrons. The molecule has 2 heteroatoms. The second-order valence-electron chi connectivity index (χ2n) is 8.67. The number of rotatable bonds is 0. The van der Waals surface area contributed by atoms with Gasteiger partial charge >= 0.3 is 0 Å². The molecule has 2 heterocycles. The lowest BCUT2D eigenvalue weighted by atomic mass is 9.76. The van der Waals surface area contributed by atoms with Gasteiger partial charge in [-0.1, -0.05) is 72.8 Å². The minimum Gasteiger partial charge on any atom is -0.384 e. The Kier molecular flexibility index (Phi) is 2.83. The third-order valence-electron chi connectivity index (χ3n) is 7.44. The van der Waals surface area contributed by atoms with Gasteiger partial charge < -0.3 is 10.6 Å². The molecule has 0 radical (unpaired) electrons. The predicted octanol–water partition coefficient (Wildman–Crippen LogP) is 6.10. The van der Waals surface area contributed by atoms with E-state index in [9.17, 15) is 0 Å². The zero-order valence-electron chi connectivity index (χ0n) is 15.7. The number of hydrogen-bond acceptors (Lipinski definition) is 2. The van der Waals surface area contributed by atoms with Crippen molar-refractivity contribution in [3.05, 3.63) is 83.9 Å². The summed E-state index contributed by atoms with van der Waals surface area (Å²) in [7, 11) is 0.